The SMILES string of the molecule is C=C1CCC(/C=C/CC/C=C\CCC)[C@H]1C/C=C\CCCC. The third-order valence-electron chi connectivity index (χ3n) is 4.63. The van der Waals surface area contributed by atoms with Crippen molar-refractivity contribution in [1.82, 2.24) is 0 Å². The predicted molar refractivity (Wildman–Crippen MR) is 101 cm³/mol. The van der Waals surface area contributed by atoms with Crippen LogP contribution in [0.2, 0.25) is 0 Å². The molecule has 0 aromatic carbocycles. The highest BCUT2D eigenvalue weighted by atomic mass is 14.3. The zero-order valence-corrected chi connectivity index (χ0v) is 14.9. The molecule has 1 fully saturated rings. The first kappa shape index (κ1) is 19.0. The molecule has 1 aliphatic rings. The van der Waals surface area contributed by atoms with Crippen LogP contribution in [0, 0.1) is 11.8 Å². The van der Waals surface area contributed by atoms with Crippen molar-refractivity contribution in [3.63, 3.8) is 0 Å². The summed E-state index contributed by atoms with van der Waals surface area (Å²) >= 11 is 0. The van der Waals surface area contributed by atoms with Gasteiger partial charge in [0.2, 0.25) is 0 Å². The maximum atomic E-state index is 4.30. The summed E-state index contributed by atoms with van der Waals surface area (Å²) in [5, 5.41) is 0. The first-order chi connectivity index (χ1) is 10.8. The zero-order chi connectivity index (χ0) is 16.0. The first-order valence-electron chi connectivity index (χ1n) is 9.43. The molecule has 0 amide bonds. The van der Waals surface area contributed by atoms with Gasteiger partial charge in [-0.15, -0.1) is 0 Å². The molecule has 1 unspecified atom stereocenters. The molecule has 1 saturated carbocycles. The van der Waals surface area contributed by atoms with Gasteiger partial charge in [0.25, 0.3) is 0 Å². The van der Waals surface area contributed by atoms with Crippen molar-refractivity contribution in [3.05, 3.63) is 48.6 Å². The van der Waals surface area contributed by atoms with Gasteiger partial charge in [0.05, 0.1) is 0 Å². The van der Waals surface area contributed by atoms with Crippen molar-refractivity contribution in [1.29, 1.82) is 0 Å². The van der Waals surface area contributed by atoms with Gasteiger partial charge in [0, 0.05) is 0 Å². The zero-order valence-electron chi connectivity index (χ0n) is 14.9. The molecule has 0 spiro atoms. The van der Waals surface area contributed by atoms with E-state index in [2.05, 4.69) is 56.9 Å². The summed E-state index contributed by atoms with van der Waals surface area (Å²) < 4.78 is 0. The summed E-state index contributed by atoms with van der Waals surface area (Å²) in [5.74, 6) is 1.41. The second kappa shape index (κ2) is 12.5. The standard InChI is InChI=1S/C22H36/c1-4-6-8-10-11-13-14-16-21-19-18-20(3)22(21)17-15-12-9-7-5-2/h8,10,12,14-16,21-22H,3-7,9,11,13,17-19H2,1-2H3/b10-8-,15-12-,16-14+/t21?,22-/m0/s1. The average molecular weight is 301 g/mol. The minimum atomic E-state index is 0.685. The van der Waals surface area contributed by atoms with Gasteiger partial charge >= 0.3 is 0 Å². The molecule has 124 valence electrons. The molecule has 0 heteroatoms. The minimum Gasteiger partial charge on any atom is -0.0995 e. The van der Waals surface area contributed by atoms with Crippen molar-refractivity contribution in [2.24, 2.45) is 11.8 Å². The lowest BCUT2D eigenvalue weighted by Crippen LogP contribution is -2.05. The van der Waals surface area contributed by atoms with Gasteiger partial charge in [-0.2, -0.15) is 0 Å². The molecule has 0 nitrogen and oxygen atoms in total. The summed E-state index contributed by atoms with van der Waals surface area (Å²) in [7, 11) is 0. The Morgan fingerprint density at radius 1 is 0.909 bits per heavy atom. The Morgan fingerprint density at radius 2 is 1.64 bits per heavy atom. The lowest BCUT2D eigenvalue weighted by Gasteiger charge is -2.15. The van der Waals surface area contributed by atoms with E-state index in [0.29, 0.717) is 5.92 Å². The summed E-state index contributed by atoms with van der Waals surface area (Å²) in [6.07, 6.45) is 26.7. The number of hydrogen-bond donors (Lipinski definition) is 0. The van der Waals surface area contributed by atoms with E-state index in [4.69, 9.17) is 0 Å². The lowest BCUT2D eigenvalue weighted by molar-refractivity contribution is 0.511. The van der Waals surface area contributed by atoms with Crippen LogP contribution < -0.4 is 0 Å². The van der Waals surface area contributed by atoms with Gasteiger partial charge in [0.1, 0.15) is 0 Å². The van der Waals surface area contributed by atoms with Gasteiger partial charge in [0.15, 0.2) is 0 Å². The van der Waals surface area contributed by atoms with Crippen LogP contribution in [0.5, 0.6) is 0 Å². The number of allylic oxidation sites excluding steroid dienone is 7. The fraction of sp³-hybridized carbons (Fsp3) is 0.636. The maximum absolute atomic E-state index is 4.30. The van der Waals surface area contributed by atoms with Crippen LogP contribution in [0.25, 0.3) is 0 Å². The Kier molecular flexibility index (Phi) is 10.8. The molecule has 0 radical (unpaired) electrons. The first-order valence-corrected chi connectivity index (χ1v) is 9.43. The van der Waals surface area contributed by atoms with Gasteiger partial charge in [-0.1, -0.05) is 81.7 Å². The quantitative estimate of drug-likeness (QED) is 0.275. The average Bonchev–Trinajstić information content (AvgIpc) is 2.87. The van der Waals surface area contributed by atoms with Gasteiger partial charge in [-0.25, -0.2) is 0 Å². The van der Waals surface area contributed by atoms with E-state index in [-0.39, 0.29) is 0 Å². The largest absolute Gasteiger partial charge is 0.0995 e. The molecular formula is C22H36. The van der Waals surface area contributed by atoms with Crippen molar-refractivity contribution < 1.29 is 0 Å². The number of unbranched alkanes of at least 4 members (excludes halogenated alkanes) is 4. The fourth-order valence-corrected chi connectivity index (χ4v) is 3.16. The molecule has 1 rings (SSSR count). The normalized spacial score (nSPS) is 22.7. The summed E-state index contributed by atoms with van der Waals surface area (Å²) in [5.41, 5.74) is 1.47. The van der Waals surface area contributed by atoms with Crippen LogP contribution in [0.4, 0.5) is 0 Å². The Morgan fingerprint density at radius 3 is 2.41 bits per heavy atom. The molecule has 0 N–H and O–H groups in total. The van der Waals surface area contributed by atoms with Gasteiger partial charge in [-0.05, 0) is 56.8 Å². The van der Waals surface area contributed by atoms with E-state index < -0.39 is 0 Å². The summed E-state index contributed by atoms with van der Waals surface area (Å²) in [6, 6.07) is 0. The highest BCUT2D eigenvalue weighted by Gasteiger charge is 2.26. The number of hydrogen-bond acceptors (Lipinski definition) is 0. The van der Waals surface area contributed by atoms with Crippen LogP contribution in [-0.2, 0) is 0 Å². The third kappa shape index (κ3) is 7.82. The molecule has 2 atom stereocenters. The summed E-state index contributed by atoms with van der Waals surface area (Å²) in [4.78, 5) is 0. The molecule has 1 aliphatic carbocycles. The highest BCUT2D eigenvalue weighted by Crippen LogP contribution is 2.39. The molecular weight excluding hydrogens is 264 g/mol. The Hall–Kier alpha value is -1.04. The van der Waals surface area contributed by atoms with Gasteiger partial charge < -0.3 is 0 Å². The minimum absolute atomic E-state index is 0.685. The van der Waals surface area contributed by atoms with Crippen LogP contribution >= 0.6 is 0 Å². The third-order valence-corrected chi connectivity index (χ3v) is 4.63. The Labute approximate surface area is 139 Å². The highest BCUT2D eigenvalue weighted by molar-refractivity contribution is 5.15. The second-order valence-electron chi connectivity index (χ2n) is 6.58. The van der Waals surface area contributed by atoms with Crippen LogP contribution in [0.3, 0.4) is 0 Å². The smallest absolute Gasteiger partial charge is 0.0108 e. The molecule has 22 heavy (non-hydrogen) atoms. The Bertz CT molecular complexity index is 369. The van der Waals surface area contributed by atoms with Crippen LogP contribution in [-0.4, -0.2) is 0 Å². The molecule has 0 heterocycles. The number of rotatable bonds is 11. The predicted octanol–water partition coefficient (Wildman–Crippen LogP) is 7.40. The monoisotopic (exact) mass is 300 g/mol. The van der Waals surface area contributed by atoms with Crippen LogP contribution in [0.15, 0.2) is 48.6 Å². The topological polar surface area (TPSA) is 0 Å². The van der Waals surface area contributed by atoms with E-state index in [1.165, 1.54) is 69.8 Å². The lowest BCUT2D eigenvalue weighted by atomic mass is 9.90. The van der Waals surface area contributed by atoms with E-state index in [1.807, 2.05) is 0 Å². The van der Waals surface area contributed by atoms with Crippen molar-refractivity contribution >= 4 is 0 Å². The van der Waals surface area contributed by atoms with Crippen LogP contribution in [0.1, 0.15) is 78.1 Å². The van der Waals surface area contributed by atoms with Crippen molar-refractivity contribution in [2.45, 2.75) is 78.1 Å². The Balaban J connectivity index is 2.31. The molecule has 0 aromatic heterocycles. The maximum Gasteiger partial charge on any atom is -0.0108 e. The second-order valence-corrected chi connectivity index (χ2v) is 6.58. The van der Waals surface area contributed by atoms with Crippen molar-refractivity contribution in [2.75, 3.05) is 0 Å². The van der Waals surface area contributed by atoms with Gasteiger partial charge in [-0.3, -0.25) is 0 Å². The van der Waals surface area contributed by atoms with Crippen molar-refractivity contribution in [3.8, 4) is 0 Å². The summed E-state index contributed by atoms with van der Waals surface area (Å²) in [6.45, 7) is 8.79. The molecule has 0 aliphatic heterocycles. The van der Waals surface area contributed by atoms with E-state index in [1.54, 1.807) is 0 Å². The molecule has 0 saturated heterocycles. The molecule has 0 aromatic rings. The molecule has 0 bridgehead atoms. The fourth-order valence-electron chi connectivity index (χ4n) is 3.16. The van der Waals surface area contributed by atoms with E-state index in [9.17, 15) is 0 Å². The van der Waals surface area contributed by atoms with E-state index in [0.717, 1.165) is 5.92 Å². The van der Waals surface area contributed by atoms with E-state index >= 15 is 0 Å².